The molecular formula is C3H7Cl3O. The van der Waals surface area contributed by atoms with Crippen LogP contribution in [0.15, 0.2) is 0 Å². The zero-order valence-corrected chi connectivity index (χ0v) is 5.89. The topological polar surface area (TPSA) is 31.5 Å². The van der Waals surface area contributed by atoms with Gasteiger partial charge in [-0.1, -0.05) is 0 Å². The zero-order chi connectivity index (χ0) is 4.99. The maximum atomic E-state index is 5.39. The van der Waals surface area contributed by atoms with Crippen LogP contribution in [0.25, 0.3) is 0 Å². The second-order valence-electron chi connectivity index (χ2n) is 0.906. The monoisotopic (exact) mass is 164 g/mol. The Kier molecular flexibility index (Phi) is 10.5. The number of rotatable bonds is 2. The molecule has 0 bridgehead atoms. The Labute approximate surface area is 57.9 Å². The highest BCUT2D eigenvalue weighted by Gasteiger charge is 1.95. The predicted octanol–water partition coefficient (Wildman–Crippen LogP) is 1.25. The third-order valence-electron chi connectivity index (χ3n) is 0.335. The fraction of sp³-hybridized carbons (Fsp3) is 1.00. The molecule has 0 saturated carbocycles. The normalized spacial score (nSPS) is 8.57. The van der Waals surface area contributed by atoms with Gasteiger partial charge in [0.15, 0.2) is 0 Å². The lowest BCUT2D eigenvalue weighted by Crippen LogP contribution is -1.99. The Hall–Kier alpha value is 0.830. The molecule has 0 aliphatic rings. The first-order chi connectivity index (χ1) is 2.81. The maximum absolute atomic E-state index is 5.39. The van der Waals surface area contributed by atoms with Crippen LogP contribution in [0.4, 0.5) is 0 Å². The first-order valence-electron chi connectivity index (χ1n) is 1.57. The molecular weight excluding hydrogens is 158 g/mol. The summed E-state index contributed by atoms with van der Waals surface area (Å²) in [5, 5.41) is -0.0617. The largest absolute Gasteiger partial charge is 0.412 e. The van der Waals surface area contributed by atoms with Crippen molar-refractivity contribution in [2.75, 3.05) is 11.8 Å². The van der Waals surface area contributed by atoms with Crippen LogP contribution >= 0.6 is 34.8 Å². The van der Waals surface area contributed by atoms with Crippen molar-refractivity contribution in [3.05, 3.63) is 0 Å². The van der Waals surface area contributed by atoms with Crippen molar-refractivity contribution in [1.29, 1.82) is 0 Å². The SMILES string of the molecule is ClCC(Cl)CCl.O. The van der Waals surface area contributed by atoms with Crippen LogP contribution in [0.2, 0.25) is 0 Å². The van der Waals surface area contributed by atoms with E-state index in [0.29, 0.717) is 11.8 Å². The van der Waals surface area contributed by atoms with E-state index in [4.69, 9.17) is 34.8 Å². The molecule has 2 N–H and O–H groups in total. The molecule has 0 radical (unpaired) electrons. The van der Waals surface area contributed by atoms with Crippen LogP contribution < -0.4 is 0 Å². The van der Waals surface area contributed by atoms with E-state index in [2.05, 4.69) is 0 Å². The summed E-state index contributed by atoms with van der Waals surface area (Å²) in [5.41, 5.74) is 0. The Balaban J connectivity index is 0. The first kappa shape index (κ1) is 10.7. The van der Waals surface area contributed by atoms with Crippen molar-refractivity contribution in [3.8, 4) is 0 Å². The van der Waals surface area contributed by atoms with Gasteiger partial charge in [-0.2, -0.15) is 0 Å². The van der Waals surface area contributed by atoms with E-state index in [1.807, 2.05) is 0 Å². The minimum Gasteiger partial charge on any atom is -0.412 e. The van der Waals surface area contributed by atoms with E-state index in [-0.39, 0.29) is 10.9 Å². The minimum atomic E-state index is -0.0617. The average Bonchev–Trinajstić information content (AvgIpc) is 1.65. The standard InChI is InChI=1S/C3H5Cl3.H2O/c4-1-3(6)2-5;/h3H,1-2H2;1H2. The Bertz CT molecular complexity index is 29.4. The quantitative estimate of drug-likeness (QED) is 0.552. The molecule has 0 unspecified atom stereocenters. The van der Waals surface area contributed by atoms with E-state index >= 15 is 0 Å². The molecule has 4 heteroatoms. The second kappa shape index (κ2) is 6.83. The lowest BCUT2D eigenvalue weighted by Gasteiger charge is -1.92. The number of halogens is 3. The van der Waals surface area contributed by atoms with Gasteiger partial charge in [-0.25, -0.2) is 0 Å². The van der Waals surface area contributed by atoms with Crippen molar-refractivity contribution in [2.45, 2.75) is 5.38 Å². The molecule has 0 amide bonds. The highest BCUT2D eigenvalue weighted by Crippen LogP contribution is 1.99. The summed E-state index contributed by atoms with van der Waals surface area (Å²) in [5.74, 6) is 0.871. The molecule has 0 aromatic carbocycles. The lowest BCUT2D eigenvalue weighted by atomic mass is 10.6. The van der Waals surface area contributed by atoms with E-state index < -0.39 is 0 Å². The first-order valence-corrected chi connectivity index (χ1v) is 3.07. The van der Waals surface area contributed by atoms with Gasteiger partial charge in [0.1, 0.15) is 0 Å². The highest BCUT2D eigenvalue weighted by molar-refractivity contribution is 6.32. The summed E-state index contributed by atoms with van der Waals surface area (Å²) < 4.78 is 0. The Morgan fingerprint density at radius 1 is 1.14 bits per heavy atom. The van der Waals surface area contributed by atoms with Gasteiger partial charge < -0.3 is 5.48 Å². The fourth-order valence-electron chi connectivity index (χ4n) is 0.0412. The molecule has 0 aromatic rings. The number of hydrogen-bond donors (Lipinski definition) is 0. The van der Waals surface area contributed by atoms with Crippen molar-refractivity contribution in [1.82, 2.24) is 0 Å². The van der Waals surface area contributed by atoms with Crippen molar-refractivity contribution >= 4 is 34.8 Å². The molecule has 0 spiro atoms. The third kappa shape index (κ3) is 6.83. The van der Waals surface area contributed by atoms with E-state index in [9.17, 15) is 0 Å². The van der Waals surface area contributed by atoms with Gasteiger partial charge in [0.25, 0.3) is 0 Å². The molecule has 0 aliphatic heterocycles. The maximum Gasteiger partial charge on any atom is 0.0606 e. The van der Waals surface area contributed by atoms with E-state index in [1.54, 1.807) is 0 Å². The molecule has 0 rings (SSSR count). The molecule has 0 atom stereocenters. The van der Waals surface area contributed by atoms with Crippen molar-refractivity contribution < 1.29 is 5.48 Å². The van der Waals surface area contributed by atoms with Crippen LogP contribution in [0.1, 0.15) is 0 Å². The Morgan fingerprint density at radius 2 is 1.43 bits per heavy atom. The summed E-state index contributed by atoms with van der Waals surface area (Å²) in [4.78, 5) is 0. The predicted molar refractivity (Wildman–Crippen MR) is 34.7 cm³/mol. The van der Waals surface area contributed by atoms with Gasteiger partial charge in [0.2, 0.25) is 0 Å². The molecule has 0 aromatic heterocycles. The smallest absolute Gasteiger partial charge is 0.0606 e. The Morgan fingerprint density at radius 3 is 1.43 bits per heavy atom. The molecule has 0 aliphatic carbocycles. The third-order valence-corrected chi connectivity index (χ3v) is 1.70. The molecule has 0 fully saturated rings. The van der Waals surface area contributed by atoms with Crippen LogP contribution in [-0.4, -0.2) is 22.6 Å². The van der Waals surface area contributed by atoms with Crippen molar-refractivity contribution in [3.63, 3.8) is 0 Å². The molecule has 1 nitrogen and oxygen atoms in total. The molecule has 0 saturated heterocycles. The van der Waals surface area contributed by atoms with Crippen LogP contribution in [0, 0.1) is 0 Å². The summed E-state index contributed by atoms with van der Waals surface area (Å²) in [6.07, 6.45) is 0. The minimum absolute atomic E-state index is 0. The summed E-state index contributed by atoms with van der Waals surface area (Å²) in [6.45, 7) is 0. The van der Waals surface area contributed by atoms with Gasteiger partial charge in [0.05, 0.1) is 5.38 Å². The summed E-state index contributed by atoms with van der Waals surface area (Å²) in [6, 6.07) is 0. The highest BCUT2D eigenvalue weighted by atomic mass is 35.5. The average molecular weight is 165 g/mol. The fourth-order valence-corrected chi connectivity index (χ4v) is 0.371. The van der Waals surface area contributed by atoms with Gasteiger partial charge in [0, 0.05) is 11.8 Å². The van der Waals surface area contributed by atoms with Crippen LogP contribution in [0.5, 0.6) is 0 Å². The van der Waals surface area contributed by atoms with Gasteiger partial charge >= 0.3 is 0 Å². The molecule has 7 heavy (non-hydrogen) atoms. The zero-order valence-electron chi connectivity index (χ0n) is 3.63. The molecule has 0 heterocycles. The van der Waals surface area contributed by atoms with Gasteiger partial charge in [-0.3, -0.25) is 0 Å². The van der Waals surface area contributed by atoms with Crippen LogP contribution in [-0.2, 0) is 0 Å². The van der Waals surface area contributed by atoms with E-state index in [0.717, 1.165) is 0 Å². The number of alkyl halides is 3. The van der Waals surface area contributed by atoms with Crippen molar-refractivity contribution in [2.24, 2.45) is 0 Å². The molecule has 46 valence electrons. The number of hydrogen-bond acceptors (Lipinski definition) is 0. The lowest BCUT2D eigenvalue weighted by molar-refractivity contribution is 0.824. The summed E-state index contributed by atoms with van der Waals surface area (Å²) in [7, 11) is 0. The van der Waals surface area contributed by atoms with Gasteiger partial charge in [-0.15, -0.1) is 34.8 Å². The second-order valence-corrected chi connectivity index (χ2v) is 2.14. The summed E-state index contributed by atoms with van der Waals surface area (Å²) >= 11 is 15.9. The van der Waals surface area contributed by atoms with E-state index in [1.165, 1.54) is 0 Å². The van der Waals surface area contributed by atoms with Gasteiger partial charge in [-0.05, 0) is 0 Å². The van der Waals surface area contributed by atoms with Crippen LogP contribution in [0.3, 0.4) is 0 Å².